The van der Waals surface area contributed by atoms with Gasteiger partial charge < -0.3 is 10.2 Å². The van der Waals surface area contributed by atoms with Crippen LogP contribution in [0.25, 0.3) is 0 Å². The van der Waals surface area contributed by atoms with E-state index in [0.717, 1.165) is 12.5 Å². The molecule has 1 aliphatic rings. The van der Waals surface area contributed by atoms with Crippen LogP contribution in [0, 0.1) is 5.92 Å². The molecule has 2 unspecified atom stereocenters. The Morgan fingerprint density at radius 2 is 2.50 bits per heavy atom. The van der Waals surface area contributed by atoms with E-state index in [1.54, 1.807) is 11.3 Å². The van der Waals surface area contributed by atoms with Crippen LogP contribution in [-0.4, -0.2) is 24.6 Å². The minimum absolute atomic E-state index is 0.370. The minimum Gasteiger partial charge on any atom is -0.348 e. The molecule has 0 spiro atoms. The average molecular weight is 239 g/mol. The Kier molecular flexibility index (Phi) is 3.82. The Morgan fingerprint density at radius 3 is 3.12 bits per heavy atom. The largest absolute Gasteiger partial charge is 0.348 e. The Morgan fingerprint density at radius 1 is 1.69 bits per heavy atom. The molecule has 90 valence electrons. The molecule has 2 atom stereocenters. The van der Waals surface area contributed by atoms with Crippen LogP contribution in [0.15, 0.2) is 5.38 Å². The molecule has 0 bridgehead atoms. The van der Waals surface area contributed by atoms with Crippen LogP contribution in [0.1, 0.15) is 38.9 Å². The maximum Gasteiger partial charge on any atom is 0.185 e. The third-order valence-corrected chi connectivity index (χ3v) is 4.08. The molecule has 0 aromatic carbocycles. The molecule has 2 heterocycles. The van der Waals surface area contributed by atoms with Crippen molar-refractivity contribution in [3.8, 4) is 0 Å². The first-order valence-corrected chi connectivity index (χ1v) is 7.02. The fourth-order valence-corrected chi connectivity index (χ4v) is 3.10. The van der Waals surface area contributed by atoms with Crippen molar-refractivity contribution in [2.75, 3.05) is 24.5 Å². The average Bonchev–Trinajstić information content (AvgIpc) is 2.85. The lowest BCUT2D eigenvalue weighted by atomic mass is 10.2. The van der Waals surface area contributed by atoms with Crippen molar-refractivity contribution < 1.29 is 0 Å². The first-order valence-electron chi connectivity index (χ1n) is 6.14. The van der Waals surface area contributed by atoms with Gasteiger partial charge in [-0.1, -0.05) is 13.8 Å². The van der Waals surface area contributed by atoms with Gasteiger partial charge in [0, 0.05) is 24.5 Å². The predicted octanol–water partition coefficient (Wildman–Crippen LogP) is 2.66. The van der Waals surface area contributed by atoms with Gasteiger partial charge in [-0.2, -0.15) is 0 Å². The Bertz CT molecular complexity index is 337. The van der Waals surface area contributed by atoms with Crippen LogP contribution in [0.4, 0.5) is 5.13 Å². The summed E-state index contributed by atoms with van der Waals surface area (Å²) in [6.45, 7) is 9.96. The summed E-state index contributed by atoms with van der Waals surface area (Å²) in [5.41, 5.74) is 1.18. The van der Waals surface area contributed by atoms with Crippen molar-refractivity contribution in [2.24, 2.45) is 5.92 Å². The standard InChI is InChI=1S/C12H21N3S/c1-4-13-10(3)11-8-16-12(14-11)15-6-5-9(2)7-15/h8-10,13H,4-7H2,1-3H3. The van der Waals surface area contributed by atoms with Crippen molar-refractivity contribution >= 4 is 16.5 Å². The molecule has 0 radical (unpaired) electrons. The molecule has 1 aliphatic heterocycles. The molecule has 0 saturated carbocycles. The van der Waals surface area contributed by atoms with E-state index in [2.05, 4.69) is 36.4 Å². The Balaban J connectivity index is 2.01. The van der Waals surface area contributed by atoms with Crippen molar-refractivity contribution in [3.05, 3.63) is 11.1 Å². The highest BCUT2D eigenvalue weighted by atomic mass is 32.1. The molecular formula is C12H21N3S. The van der Waals surface area contributed by atoms with Gasteiger partial charge in [0.05, 0.1) is 5.69 Å². The van der Waals surface area contributed by atoms with Gasteiger partial charge in [0.25, 0.3) is 0 Å². The summed E-state index contributed by atoms with van der Waals surface area (Å²) in [4.78, 5) is 7.14. The van der Waals surface area contributed by atoms with E-state index in [1.165, 1.54) is 30.3 Å². The summed E-state index contributed by atoms with van der Waals surface area (Å²) in [7, 11) is 0. The van der Waals surface area contributed by atoms with Crippen LogP contribution < -0.4 is 10.2 Å². The Hall–Kier alpha value is -0.610. The van der Waals surface area contributed by atoms with E-state index in [0.29, 0.717) is 6.04 Å². The van der Waals surface area contributed by atoms with Gasteiger partial charge in [-0.05, 0) is 25.8 Å². The molecule has 2 rings (SSSR count). The maximum absolute atomic E-state index is 4.73. The third-order valence-electron chi connectivity index (χ3n) is 3.16. The lowest BCUT2D eigenvalue weighted by Gasteiger charge is -2.14. The first-order chi connectivity index (χ1) is 7.70. The number of thiazole rings is 1. The molecule has 0 amide bonds. The van der Waals surface area contributed by atoms with Gasteiger partial charge in [-0.3, -0.25) is 0 Å². The predicted molar refractivity (Wildman–Crippen MR) is 70.2 cm³/mol. The highest BCUT2D eigenvalue weighted by molar-refractivity contribution is 7.13. The number of anilines is 1. The smallest absolute Gasteiger partial charge is 0.185 e. The second-order valence-electron chi connectivity index (χ2n) is 4.67. The molecule has 3 nitrogen and oxygen atoms in total. The molecule has 1 N–H and O–H groups in total. The zero-order chi connectivity index (χ0) is 11.5. The van der Waals surface area contributed by atoms with E-state index in [4.69, 9.17) is 4.98 Å². The fraction of sp³-hybridized carbons (Fsp3) is 0.750. The van der Waals surface area contributed by atoms with Gasteiger partial charge in [-0.15, -0.1) is 11.3 Å². The van der Waals surface area contributed by atoms with Crippen molar-refractivity contribution in [3.63, 3.8) is 0 Å². The quantitative estimate of drug-likeness (QED) is 0.875. The summed E-state index contributed by atoms with van der Waals surface area (Å²) in [6.07, 6.45) is 1.30. The van der Waals surface area contributed by atoms with Crippen molar-refractivity contribution in [1.82, 2.24) is 10.3 Å². The van der Waals surface area contributed by atoms with Gasteiger partial charge in [0.2, 0.25) is 0 Å². The lowest BCUT2D eigenvalue weighted by Crippen LogP contribution is -2.20. The van der Waals surface area contributed by atoms with Gasteiger partial charge in [-0.25, -0.2) is 4.98 Å². The van der Waals surface area contributed by atoms with E-state index in [-0.39, 0.29) is 0 Å². The SMILES string of the molecule is CCNC(C)c1csc(N2CCC(C)C2)n1. The van der Waals surface area contributed by atoms with Crippen LogP contribution >= 0.6 is 11.3 Å². The van der Waals surface area contributed by atoms with Gasteiger partial charge in [0.15, 0.2) is 5.13 Å². The number of nitrogens with one attached hydrogen (secondary N) is 1. The summed E-state index contributed by atoms with van der Waals surface area (Å²) in [5.74, 6) is 0.818. The second-order valence-corrected chi connectivity index (χ2v) is 5.51. The zero-order valence-electron chi connectivity index (χ0n) is 10.4. The fourth-order valence-electron chi connectivity index (χ4n) is 2.14. The summed E-state index contributed by atoms with van der Waals surface area (Å²) in [6, 6.07) is 0.370. The van der Waals surface area contributed by atoms with E-state index in [9.17, 15) is 0 Å². The first kappa shape index (κ1) is 11.9. The summed E-state index contributed by atoms with van der Waals surface area (Å²) in [5, 5.41) is 6.78. The molecule has 1 fully saturated rings. The highest BCUT2D eigenvalue weighted by Crippen LogP contribution is 2.28. The van der Waals surface area contributed by atoms with Gasteiger partial charge >= 0.3 is 0 Å². The topological polar surface area (TPSA) is 28.2 Å². The number of rotatable bonds is 4. The monoisotopic (exact) mass is 239 g/mol. The summed E-state index contributed by atoms with van der Waals surface area (Å²) < 4.78 is 0. The van der Waals surface area contributed by atoms with Crippen molar-refractivity contribution in [2.45, 2.75) is 33.2 Å². The molecule has 1 aromatic rings. The molecular weight excluding hydrogens is 218 g/mol. The molecule has 0 aliphatic carbocycles. The van der Waals surface area contributed by atoms with E-state index >= 15 is 0 Å². The summed E-state index contributed by atoms with van der Waals surface area (Å²) >= 11 is 1.78. The van der Waals surface area contributed by atoms with Crippen LogP contribution in [0.2, 0.25) is 0 Å². The van der Waals surface area contributed by atoms with Crippen LogP contribution in [0.3, 0.4) is 0 Å². The van der Waals surface area contributed by atoms with Crippen LogP contribution in [-0.2, 0) is 0 Å². The van der Waals surface area contributed by atoms with E-state index < -0.39 is 0 Å². The normalized spacial score (nSPS) is 22.7. The van der Waals surface area contributed by atoms with Crippen LogP contribution in [0.5, 0.6) is 0 Å². The van der Waals surface area contributed by atoms with Gasteiger partial charge in [0.1, 0.15) is 0 Å². The number of hydrogen-bond acceptors (Lipinski definition) is 4. The lowest BCUT2D eigenvalue weighted by molar-refractivity contribution is 0.586. The molecule has 16 heavy (non-hydrogen) atoms. The second kappa shape index (κ2) is 5.15. The van der Waals surface area contributed by atoms with Crippen molar-refractivity contribution in [1.29, 1.82) is 0 Å². The molecule has 1 saturated heterocycles. The Labute approximate surface area is 102 Å². The number of nitrogens with zero attached hydrogens (tertiary/aromatic N) is 2. The number of aromatic nitrogens is 1. The maximum atomic E-state index is 4.73. The highest BCUT2D eigenvalue weighted by Gasteiger charge is 2.21. The minimum atomic E-state index is 0.370. The van der Waals surface area contributed by atoms with E-state index in [1.807, 2.05) is 0 Å². The molecule has 4 heteroatoms. The third kappa shape index (κ3) is 2.55. The zero-order valence-corrected chi connectivity index (χ0v) is 11.2. The number of hydrogen-bond donors (Lipinski definition) is 1. The molecule has 1 aromatic heterocycles.